The molecule has 66 valence electrons. The molecule has 0 atom stereocenters. The molecule has 0 radical (unpaired) electrons. The van der Waals surface area contributed by atoms with Crippen molar-refractivity contribution in [2.24, 2.45) is 0 Å². The summed E-state index contributed by atoms with van der Waals surface area (Å²) in [6.07, 6.45) is 2.56. The van der Waals surface area contributed by atoms with E-state index in [9.17, 15) is 4.79 Å². The number of rotatable bonds is 1. The van der Waals surface area contributed by atoms with Crippen LogP contribution in [0.2, 0.25) is 0 Å². The fourth-order valence-electron chi connectivity index (χ4n) is 0.503. The van der Waals surface area contributed by atoms with E-state index in [0.717, 1.165) is 0 Å². The van der Waals surface area contributed by atoms with Crippen LogP contribution in [0, 0.1) is 6.92 Å². The van der Waals surface area contributed by atoms with Gasteiger partial charge in [0.15, 0.2) is 0 Å². The summed E-state index contributed by atoms with van der Waals surface area (Å²) in [5.74, 6) is -0.426. The van der Waals surface area contributed by atoms with Crippen LogP contribution in [-0.2, 0) is 0 Å². The van der Waals surface area contributed by atoms with Crippen molar-refractivity contribution in [1.29, 1.82) is 0 Å². The molecule has 0 unspecified atom stereocenters. The highest BCUT2D eigenvalue weighted by Crippen LogP contribution is 1.93. The van der Waals surface area contributed by atoms with Gasteiger partial charge in [-0.05, 0) is 6.92 Å². The summed E-state index contributed by atoms with van der Waals surface area (Å²) in [4.78, 5) is 17.6. The molecule has 1 rings (SSSR count). The lowest BCUT2D eigenvalue weighted by atomic mass is 10.3. The number of nitrogens with zero attached hydrogens (tertiary/aromatic N) is 2. The minimum Gasteiger partial charge on any atom is -0.478 e. The molecule has 0 aliphatic heterocycles. The van der Waals surface area contributed by atoms with E-state index < -0.39 is 5.97 Å². The van der Waals surface area contributed by atoms with E-state index in [1.165, 1.54) is 12.4 Å². The van der Waals surface area contributed by atoms with Gasteiger partial charge in [-0.2, -0.15) is 0 Å². The first-order chi connectivity index (χ1) is 5.70. The monoisotopic (exact) mass is 168 g/mol. The molecule has 0 amide bonds. The zero-order valence-electron chi connectivity index (χ0n) is 7.40. The summed E-state index contributed by atoms with van der Waals surface area (Å²) in [6.45, 7) is 5.70. The van der Waals surface area contributed by atoms with Crippen molar-refractivity contribution in [3.63, 3.8) is 0 Å². The molecule has 0 saturated carbocycles. The average molecular weight is 168 g/mol. The molecule has 12 heavy (non-hydrogen) atoms. The van der Waals surface area contributed by atoms with E-state index in [4.69, 9.17) is 5.11 Å². The van der Waals surface area contributed by atoms with E-state index in [0.29, 0.717) is 5.82 Å². The summed E-state index contributed by atoms with van der Waals surface area (Å²) >= 11 is 0. The van der Waals surface area contributed by atoms with Gasteiger partial charge in [-0.15, -0.1) is 0 Å². The van der Waals surface area contributed by atoms with Crippen molar-refractivity contribution in [3.8, 4) is 0 Å². The third-order valence-electron chi connectivity index (χ3n) is 1.03. The standard InChI is InChI=1S/C6H6N2O2.C2H6/c1-4-7-2-5(3-8-4)6(9)10;1-2/h2-3H,1H3,(H,9,10);1-2H3. The Morgan fingerprint density at radius 1 is 1.33 bits per heavy atom. The lowest BCUT2D eigenvalue weighted by Gasteiger charge is -1.91. The van der Waals surface area contributed by atoms with Crippen LogP contribution < -0.4 is 0 Å². The number of carboxylic acid groups (broad SMARTS) is 1. The van der Waals surface area contributed by atoms with Crippen LogP contribution in [-0.4, -0.2) is 21.0 Å². The highest BCUT2D eigenvalue weighted by molar-refractivity contribution is 5.86. The van der Waals surface area contributed by atoms with Crippen LogP contribution in [0.3, 0.4) is 0 Å². The Morgan fingerprint density at radius 2 is 1.75 bits per heavy atom. The second-order valence-corrected chi connectivity index (χ2v) is 1.82. The fraction of sp³-hybridized carbons (Fsp3) is 0.375. The highest BCUT2D eigenvalue weighted by atomic mass is 16.4. The van der Waals surface area contributed by atoms with E-state index in [1.807, 2.05) is 13.8 Å². The Labute approximate surface area is 71.3 Å². The predicted molar refractivity (Wildman–Crippen MR) is 45.1 cm³/mol. The van der Waals surface area contributed by atoms with Crippen LogP contribution in [0.5, 0.6) is 0 Å². The smallest absolute Gasteiger partial charge is 0.338 e. The second kappa shape index (κ2) is 5.23. The van der Waals surface area contributed by atoms with Crippen molar-refractivity contribution >= 4 is 5.97 Å². The third-order valence-corrected chi connectivity index (χ3v) is 1.03. The molecule has 1 aromatic rings. The first-order valence-corrected chi connectivity index (χ1v) is 3.72. The van der Waals surface area contributed by atoms with Gasteiger partial charge in [0.2, 0.25) is 0 Å². The molecule has 0 aliphatic rings. The van der Waals surface area contributed by atoms with Gasteiger partial charge in [0.05, 0.1) is 5.56 Å². The summed E-state index contributed by atoms with van der Waals surface area (Å²) < 4.78 is 0. The number of carboxylic acids is 1. The van der Waals surface area contributed by atoms with E-state index in [-0.39, 0.29) is 5.56 Å². The maximum Gasteiger partial charge on any atom is 0.338 e. The molecule has 4 nitrogen and oxygen atoms in total. The third kappa shape index (κ3) is 3.09. The Morgan fingerprint density at radius 3 is 2.08 bits per heavy atom. The van der Waals surface area contributed by atoms with Crippen LogP contribution >= 0.6 is 0 Å². The Bertz CT molecular complexity index is 244. The molecular formula is C8H12N2O2. The first kappa shape index (κ1) is 10.6. The molecule has 0 aliphatic carbocycles. The predicted octanol–water partition coefficient (Wildman–Crippen LogP) is 1.51. The minimum absolute atomic E-state index is 0.116. The fourth-order valence-corrected chi connectivity index (χ4v) is 0.503. The molecule has 1 aromatic heterocycles. The van der Waals surface area contributed by atoms with Crippen molar-refractivity contribution in [3.05, 3.63) is 23.8 Å². The molecule has 0 saturated heterocycles. The van der Waals surface area contributed by atoms with E-state index in [1.54, 1.807) is 6.92 Å². The van der Waals surface area contributed by atoms with Crippen LogP contribution in [0.4, 0.5) is 0 Å². The molecule has 0 bridgehead atoms. The van der Waals surface area contributed by atoms with Gasteiger partial charge < -0.3 is 5.11 Å². The first-order valence-electron chi connectivity index (χ1n) is 3.72. The zero-order valence-corrected chi connectivity index (χ0v) is 7.40. The molecular weight excluding hydrogens is 156 g/mol. The van der Waals surface area contributed by atoms with Crippen LogP contribution in [0.1, 0.15) is 30.0 Å². The number of hydrogen-bond donors (Lipinski definition) is 1. The SMILES string of the molecule is CC.Cc1ncc(C(=O)O)cn1. The van der Waals surface area contributed by atoms with Crippen molar-refractivity contribution in [2.75, 3.05) is 0 Å². The van der Waals surface area contributed by atoms with Crippen LogP contribution in [0.15, 0.2) is 12.4 Å². The van der Waals surface area contributed by atoms with E-state index in [2.05, 4.69) is 9.97 Å². The van der Waals surface area contributed by atoms with Gasteiger partial charge in [-0.25, -0.2) is 14.8 Å². The highest BCUT2D eigenvalue weighted by Gasteiger charge is 2.00. The number of aromatic carboxylic acids is 1. The summed E-state index contributed by atoms with van der Waals surface area (Å²) in [5, 5.41) is 8.40. The van der Waals surface area contributed by atoms with Gasteiger partial charge in [-0.3, -0.25) is 0 Å². The quantitative estimate of drug-likeness (QED) is 0.690. The van der Waals surface area contributed by atoms with Crippen molar-refractivity contribution < 1.29 is 9.90 Å². The number of carbonyl (C=O) groups is 1. The molecule has 0 aromatic carbocycles. The Hall–Kier alpha value is -1.45. The Kier molecular flexibility index (Phi) is 4.60. The lowest BCUT2D eigenvalue weighted by Crippen LogP contribution is -1.98. The normalized spacial score (nSPS) is 8.25. The van der Waals surface area contributed by atoms with Gasteiger partial charge in [0, 0.05) is 12.4 Å². The zero-order chi connectivity index (χ0) is 9.56. The minimum atomic E-state index is -1.000. The topological polar surface area (TPSA) is 63.1 Å². The number of aryl methyl sites for hydroxylation is 1. The number of aromatic nitrogens is 2. The Balaban J connectivity index is 0.000000561. The van der Waals surface area contributed by atoms with Gasteiger partial charge in [0.1, 0.15) is 5.82 Å². The largest absolute Gasteiger partial charge is 0.478 e. The van der Waals surface area contributed by atoms with Crippen LogP contribution in [0.25, 0.3) is 0 Å². The van der Waals surface area contributed by atoms with Crippen molar-refractivity contribution in [2.45, 2.75) is 20.8 Å². The second-order valence-electron chi connectivity index (χ2n) is 1.82. The molecule has 0 spiro atoms. The summed E-state index contributed by atoms with van der Waals surface area (Å²) in [6, 6.07) is 0. The van der Waals surface area contributed by atoms with Gasteiger partial charge in [-0.1, -0.05) is 13.8 Å². The number of hydrogen-bond acceptors (Lipinski definition) is 3. The van der Waals surface area contributed by atoms with Gasteiger partial charge in [0.25, 0.3) is 0 Å². The molecule has 4 heteroatoms. The molecule has 1 heterocycles. The molecule has 1 N–H and O–H groups in total. The lowest BCUT2D eigenvalue weighted by molar-refractivity contribution is 0.0696. The van der Waals surface area contributed by atoms with Gasteiger partial charge >= 0.3 is 5.97 Å². The molecule has 0 fully saturated rings. The van der Waals surface area contributed by atoms with E-state index >= 15 is 0 Å². The maximum absolute atomic E-state index is 10.2. The maximum atomic E-state index is 10.2. The summed E-state index contributed by atoms with van der Waals surface area (Å²) in [7, 11) is 0. The van der Waals surface area contributed by atoms with Crippen molar-refractivity contribution in [1.82, 2.24) is 9.97 Å². The summed E-state index contributed by atoms with van der Waals surface area (Å²) in [5.41, 5.74) is 0.116. The average Bonchev–Trinajstić information content (AvgIpc) is 2.09.